The predicted molar refractivity (Wildman–Crippen MR) is 78.8 cm³/mol. The first-order valence-electron chi connectivity index (χ1n) is 6.01. The molecule has 0 N–H and O–H groups in total. The van der Waals surface area contributed by atoms with E-state index in [1.165, 1.54) is 0 Å². The van der Waals surface area contributed by atoms with Crippen LogP contribution in [-0.4, -0.2) is 50.6 Å². The third kappa shape index (κ3) is 3.58. The first-order valence-corrected chi connectivity index (χ1v) is 6.01. The highest BCUT2D eigenvalue weighted by atomic mass is 16.3. The fourth-order valence-electron chi connectivity index (χ4n) is 1.57. The summed E-state index contributed by atoms with van der Waals surface area (Å²) in [4.78, 5) is 0. The molecule has 0 unspecified atom stereocenters. The molecule has 19 heavy (non-hydrogen) atoms. The second-order valence-electron chi connectivity index (χ2n) is 4.63. The van der Waals surface area contributed by atoms with E-state index >= 15 is 0 Å². The van der Waals surface area contributed by atoms with E-state index in [9.17, 15) is 0 Å². The van der Waals surface area contributed by atoms with Gasteiger partial charge in [0.25, 0.3) is 0 Å². The van der Waals surface area contributed by atoms with Gasteiger partial charge in [0.05, 0.1) is 12.4 Å². The Morgan fingerprint density at radius 2 is 1.63 bits per heavy atom. The van der Waals surface area contributed by atoms with Crippen LogP contribution in [0.1, 0.15) is 11.3 Å². The molecule has 1 aromatic carbocycles. The van der Waals surface area contributed by atoms with Gasteiger partial charge in [0.1, 0.15) is 11.3 Å². The summed E-state index contributed by atoms with van der Waals surface area (Å²) in [7, 11) is 7.51. The average molecular weight is 258 g/mol. The van der Waals surface area contributed by atoms with Crippen molar-refractivity contribution in [2.45, 2.75) is 0 Å². The lowest BCUT2D eigenvalue weighted by Crippen LogP contribution is -2.01. The zero-order chi connectivity index (χ0) is 13.8. The topological polar surface area (TPSA) is 44.3 Å². The molecule has 0 atom stereocenters. The maximum atomic E-state index is 5.71. The molecule has 0 spiro atoms. The van der Waals surface area contributed by atoms with Crippen LogP contribution in [0.4, 0.5) is 0 Å². The number of benzene rings is 1. The molecular weight excluding hydrogens is 240 g/mol. The summed E-state index contributed by atoms with van der Waals surface area (Å²) < 4.78 is 5.71. The van der Waals surface area contributed by atoms with Crippen LogP contribution in [0.2, 0.25) is 0 Å². The third-order valence-corrected chi connectivity index (χ3v) is 2.42. The second-order valence-corrected chi connectivity index (χ2v) is 4.63. The summed E-state index contributed by atoms with van der Waals surface area (Å²) in [6.45, 7) is 0. The summed E-state index contributed by atoms with van der Waals surface area (Å²) in [5, 5.41) is 12.9. The molecule has 0 saturated carbocycles. The van der Waals surface area contributed by atoms with Gasteiger partial charge in [-0.05, 0) is 17.7 Å². The lowest BCUT2D eigenvalue weighted by molar-refractivity contribution is 0.438. The zero-order valence-corrected chi connectivity index (χ0v) is 11.7. The summed E-state index contributed by atoms with van der Waals surface area (Å²) in [5.41, 5.74) is 1.84. The van der Waals surface area contributed by atoms with Crippen LogP contribution in [-0.2, 0) is 0 Å². The van der Waals surface area contributed by atoms with Crippen molar-refractivity contribution < 1.29 is 4.42 Å². The molecule has 0 amide bonds. The molecule has 0 saturated heterocycles. The highest BCUT2D eigenvalue weighted by molar-refractivity contribution is 5.91. The maximum Gasteiger partial charge on any atom is 0.148 e. The first-order chi connectivity index (χ1) is 9.04. The SMILES string of the molecule is CN(C)/N=C\c1ccc2cc(/C=N\N(C)C)oc2c1. The minimum absolute atomic E-state index is 0.741. The smallest absolute Gasteiger partial charge is 0.148 e. The fourth-order valence-corrected chi connectivity index (χ4v) is 1.57. The van der Waals surface area contributed by atoms with Crippen molar-refractivity contribution >= 4 is 23.4 Å². The number of fused-ring (bicyclic) bond motifs is 1. The highest BCUT2D eigenvalue weighted by Crippen LogP contribution is 2.19. The molecule has 0 bridgehead atoms. The van der Waals surface area contributed by atoms with Crippen LogP contribution in [0, 0.1) is 0 Å². The molecule has 0 aliphatic carbocycles. The van der Waals surface area contributed by atoms with Crippen LogP contribution in [0.15, 0.2) is 38.9 Å². The Kier molecular flexibility index (Phi) is 3.85. The van der Waals surface area contributed by atoms with Gasteiger partial charge in [-0.2, -0.15) is 10.2 Å². The molecule has 0 aliphatic heterocycles. The van der Waals surface area contributed by atoms with Gasteiger partial charge >= 0.3 is 0 Å². The minimum Gasteiger partial charge on any atom is -0.455 e. The molecule has 5 heteroatoms. The molecule has 0 fully saturated rings. The van der Waals surface area contributed by atoms with Gasteiger partial charge in [0.2, 0.25) is 0 Å². The summed E-state index contributed by atoms with van der Waals surface area (Å²) >= 11 is 0. The predicted octanol–water partition coefficient (Wildman–Crippen LogP) is 2.22. The molecule has 1 aromatic heterocycles. The normalized spacial score (nSPS) is 11.8. The summed E-state index contributed by atoms with van der Waals surface area (Å²) in [5.74, 6) is 0.741. The monoisotopic (exact) mass is 258 g/mol. The molecule has 0 radical (unpaired) electrons. The van der Waals surface area contributed by atoms with Gasteiger partial charge in [-0.15, -0.1) is 0 Å². The molecule has 100 valence electrons. The Labute approximate surface area is 112 Å². The lowest BCUT2D eigenvalue weighted by atomic mass is 10.2. The minimum atomic E-state index is 0.741. The van der Waals surface area contributed by atoms with Crippen molar-refractivity contribution in [3.8, 4) is 0 Å². The van der Waals surface area contributed by atoms with Crippen molar-refractivity contribution in [2.24, 2.45) is 10.2 Å². The molecular formula is C14H18N4O. The first kappa shape index (κ1) is 13.1. The largest absolute Gasteiger partial charge is 0.455 e. The number of nitrogens with zero attached hydrogens (tertiary/aromatic N) is 4. The van der Waals surface area contributed by atoms with Crippen molar-refractivity contribution in [1.82, 2.24) is 10.0 Å². The number of hydrogen-bond acceptors (Lipinski definition) is 5. The number of hydrazone groups is 2. The standard InChI is InChI=1S/C14H18N4O/c1-17(2)15-9-11-5-6-12-8-13(10-16-18(3)4)19-14(12)7-11/h5-10H,1-4H3/b15-9-,16-10-. The van der Waals surface area contributed by atoms with Crippen LogP contribution >= 0.6 is 0 Å². The zero-order valence-electron chi connectivity index (χ0n) is 11.7. The van der Waals surface area contributed by atoms with Crippen molar-refractivity contribution in [1.29, 1.82) is 0 Å². The van der Waals surface area contributed by atoms with Crippen LogP contribution in [0.25, 0.3) is 11.0 Å². The molecule has 5 nitrogen and oxygen atoms in total. The van der Waals surface area contributed by atoms with Gasteiger partial charge in [-0.25, -0.2) is 0 Å². The summed E-state index contributed by atoms with van der Waals surface area (Å²) in [6, 6.07) is 7.96. The Bertz CT molecular complexity index is 595. The van der Waals surface area contributed by atoms with E-state index in [1.54, 1.807) is 22.4 Å². The van der Waals surface area contributed by atoms with Gasteiger partial charge < -0.3 is 14.4 Å². The van der Waals surface area contributed by atoms with Crippen LogP contribution in [0.5, 0.6) is 0 Å². The number of hydrogen-bond donors (Lipinski definition) is 0. The van der Waals surface area contributed by atoms with Gasteiger partial charge in [-0.3, -0.25) is 0 Å². The quantitative estimate of drug-likeness (QED) is 0.624. The van der Waals surface area contributed by atoms with Crippen molar-refractivity contribution in [3.05, 3.63) is 35.6 Å². The molecule has 0 aliphatic rings. The van der Waals surface area contributed by atoms with E-state index in [0.717, 1.165) is 22.3 Å². The lowest BCUT2D eigenvalue weighted by Gasteiger charge is -2.01. The van der Waals surface area contributed by atoms with Gasteiger partial charge in [-0.1, -0.05) is 12.1 Å². The Morgan fingerprint density at radius 3 is 2.32 bits per heavy atom. The molecule has 2 rings (SSSR count). The van der Waals surface area contributed by atoms with E-state index < -0.39 is 0 Å². The number of rotatable bonds is 4. The van der Waals surface area contributed by atoms with E-state index in [2.05, 4.69) is 10.2 Å². The molecule has 1 heterocycles. The number of furan rings is 1. The van der Waals surface area contributed by atoms with Gasteiger partial charge in [0, 0.05) is 33.6 Å². The van der Waals surface area contributed by atoms with Crippen LogP contribution < -0.4 is 0 Å². The molecule has 2 aromatic rings. The van der Waals surface area contributed by atoms with E-state index in [4.69, 9.17) is 4.42 Å². The van der Waals surface area contributed by atoms with Crippen molar-refractivity contribution in [3.63, 3.8) is 0 Å². The maximum absolute atomic E-state index is 5.71. The second kappa shape index (κ2) is 5.56. The average Bonchev–Trinajstić information content (AvgIpc) is 2.75. The Morgan fingerprint density at radius 1 is 0.947 bits per heavy atom. The van der Waals surface area contributed by atoms with Crippen molar-refractivity contribution in [2.75, 3.05) is 28.2 Å². The van der Waals surface area contributed by atoms with E-state index in [-0.39, 0.29) is 0 Å². The van der Waals surface area contributed by atoms with E-state index in [0.29, 0.717) is 0 Å². The highest BCUT2D eigenvalue weighted by Gasteiger charge is 2.02. The van der Waals surface area contributed by atoms with Gasteiger partial charge in [0.15, 0.2) is 0 Å². The fraction of sp³-hybridized carbons (Fsp3) is 0.286. The van der Waals surface area contributed by atoms with E-state index in [1.807, 2.05) is 52.5 Å². The summed E-state index contributed by atoms with van der Waals surface area (Å²) in [6.07, 6.45) is 3.50. The Hall–Kier alpha value is -2.30. The third-order valence-electron chi connectivity index (χ3n) is 2.42. The Balaban J connectivity index is 2.28. The van der Waals surface area contributed by atoms with Crippen LogP contribution in [0.3, 0.4) is 0 Å².